The van der Waals surface area contributed by atoms with Crippen LogP contribution < -0.4 is 5.32 Å². The number of hydrogen-bond acceptors (Lipinski definition) is 6. The van der Waals surface area contributed by atoms with Crippen molar-refractivity contribution in [2.75, 3.05) is 17.3 Å². The van der Waals surface area contributed by atoms with Gasteiger partial charge in [-0.2, -0.15) is 0 Å². The smallest absolute Gasteiger partial charge is 0.234 e. The van der Waals surface area contributed by atoms with Crippen LogP contribution in [0.4, 0.5) is 5.69 Å². The van der Waals surface area contributed by atoms with E-state index in [1.807, 2.05) is 29.5 Å². The second-order valence-corrected chi connectivity index (χ2v) is 7.55. The van der Waals surface area contributed by atoms with E-state index in [2.05, 4.69) is 20.5 Å². The molecule has 2 aromatic heterocycles. The van der Waals surface area contributed by atoms with E-state index < -0.39 is 0 Å². The van der Waals surface area contributed by atoms with Crippen LogP contribution in [0.2, 0.25) is 5.02 Å². The average molecular weight is 409 g/mol. The Morgan fingerprint density at radius 3 is 2.54 bits per heavy atom. The van der Waals surface area contributed by atoms with Crippen LogP contribution in [0.25, 0.3) is 11.5 Å². The summed E-state index contributed by atoms with van der Waals surface area (Å²) in [5.41, 5.74) is 1.58. The van der Waals surface area contributed by atoms with E-state index in [1.54, 1.807) is 42.2 Å². The van der Waals surface area contributed by atoms with E-state index >= 15 is 0 Å². The Labute approximate surface area is 164 Å². The van der Waals surface area contributed by atoms with Crippen molar-refractivity contribution in [1.82, 2.24) is 24.3 Å². The Bertz CT molecular complexity index is 921. The first-order valence-corrected chi connectivity index (χ1v) is 10.2. The van der Waals surface area contributed by atoms with Crippen LogP contribution in [0.3, 0.4) is 0 Å². The highest BCUT2D eigenvalue weighted by Gasteiger charge is 2.17. The molecule has 1 amide bonds. The minimum atomic E-state index is -0.118. The standard InChI is InChI=1S/C16H17ClN6OS2/c1-22-12(8-18-15(22)25-3)14-20-21-16(23(14)2)26-9-13(24)19-11-6-4-10(17)5-7-11/h4-8H,9H2,1-3H3,(H,19,24). The molecule has 2 heterocycles. The lowest BCUT2D eigenvalue weighted by molar-refractivity contribution is -0.113. The summed E-state index contributed by atoms with van der Waals surface area (Å²) in [6, 6.07) is 6.99. The fourth-order valence-corrected chi connectivity index (χ4v) is 3.68. The lowest BCUT2D eigenvalue weighted by atomic mass is 10.3. The Hall–Kier alpha value is -1.97. The van der Waals surface area contributed by atoms with E-state index in [9.17, 15) is 4.79 Å². The first kappa shape index (κ1) is 18.8. The van der Waals surface area contributed by atoms with Gasteiger partial charge in [-0.1, -0.05) is 35.1 Å². The number of nitrogens with one attached hydrogen (secondary N) is 1. The Kier molecular flexibility index (Phi) is 5.90. The third-order valence-corrected chi connectivity index (χ3v) is 5.67. The second-order valence-electron chi connectivity index (χ2n) is 5.40. The van der Waals surface area contributed by atoms with Crippen LogP contribution in [0.1, 0.15) is 0 Å². The number of hydrogen-bond donors (Lipinski definition) is 1. The number of nitrogens with zero attached hydrogens (tertiary/aromatic N) is 5. The zero-order valence-electron chi connectivity index (χ0n) is 14.4. The van der Waals surface area contributed by atoms with Gasteiger partial charge in [-0.15, -0.1) is 10.2 Å². The number of anilines is 1. The van der Waals surface area contributed by atoms with Gasteiger partial charge in [-0.05, 0) is 30.5 Å². The third kappa shape index (κ3) is 4.05. The number of aromatic nitrogens is 5. The lowest BCUT2D eigenvalue weighted by Gasteiger charge is -2.06. The summed E-state index contributed by atoms with van der Waals surface area (Å²) in [5, 5.41) is 13.5. The molecule has 0 saturated heterocycles. The van der Waals surface area contributed by atoms with E-state index in [4.69, 9.17) is 11.6 Å². The maximum atomic E-state index is 12.1. The molecule has 0 radical (unpaired) electrons. The maximum Gasteiger partial charge on any atom is 0.234 e. The number of benzene rings is 1. The van der Waals surface area contributed by atoms with Crippen LogP contribution in [0, 0.1) is 0 Å². The molecule has 1 N–H and O–H groups in total. The number of carbonyl (C=O) groups is 1. The van der Waals surface area contributed by atoms with Gasteiger partial charge in [-0.25, -0.2) is 4.98 Å². The number of halogens is 1. The van der Waals surface area contributed by atoms with Crippen LogP contribution >= 0.6 is 35.1 Å². The minimum absolute atomic E-state index is 0.118. The lowest BCUT2D eigenvalue weighted by Crippen LogP contribution is -2.14. The van der Waals surface area contributed by atoms with Gasteiger partial charge in [0.1, 0.15) is 5.69 Å². The Morgan fingerprint density at radius 1 is 1.15 bits per heavy atom. The normalized spacial score (nSPS) is 10.9. The van der Waals surface area contributed by atoms with E-state index in [0.29, 0.717) is 21.7 Å². The molecule has 3 rings (SSSR count). The number of carbonyl (C=O) groups excluding carboxylic acids is 1. The Balaban J connectivity index is 1.65. The SMILES string of the molecule is CSc1ncc(-c2nnc(SCC(=O)Nc3ccc(Cl)cc3)n2C)n1C. The summed E-state index contributed by atoms with van der Waals surface area (Å²) in [5.74, 6) is 0.823. The maximum absolute atomic E-state index is 12.1. The predicted octanol–water partition coefficient (Wildman–Crippen LogP) is 3.32. The zero-order valence-corrected chi connectivity index (χ0v) is 16.8. The first-order valence-electron chi connectivity index (χ1n) is 7.63. The second kappa shape index (κ2) is 8.15. The minimum Gasteiger partial charge on any atom is -0.325 e. The zero-order chi connectivity index (χ0) is 18.7. The van der Waals surface area contributed by atoms with E-state index in [1.165, 1.54) is 11.8 Å². The number of rotatable bonds is 6. The highest BCUT2D eigenvalue weighted by atomic mass is 35.5. The van der Waals surface area contributed by atoms with E-state index in [0.717, 1.165) is 10.9 Å². The molecule has 10 heteroatoms. The molecular weight excluding hydrogens is 392 g/mol. The van der Waals surface area contributed by atoms with Crippen molar-refractivity contribution >= 4 is 46.7 Å². The van der Waals surface area contributed by atoms with Crippen molar-refractivity contribution in [3.63, 3.8) is 0 Å². The summed E-state index contributed by atoms with van der Waals surface area (Å²) in [6.07, 6.45) is 3.75. The first-order chi connectivity index (χ1) is 12.5. The van der Waals surface area contributed by atoms with Gasteiger partial charge in [0.25, 0.3) is 0 Å². The molecular formula is C16H17ClN6OS2. The summed E-state index contributed by atoms with van der Waals surface area (Å²) >= 11 is 8.73. The summed E-state index contributed by atoms with van der Waals surface area (Å²) in [4.78, 5) is 16.5. The molecule has 0 aliphatic heterocycles. The summed E-state index contributed by atoms with van der Waals surface area (Å²) in [7, 11) is 3.82. The molecule has 136 valence electrons. The highest BCUT2D eigenvalue weighted by molar-refractivity contribution is 7.99. The van der Waals surface area contributed by atoms with Gasteiger partial charge in [0, 0.05) is 24.8 Å². The van der Waals surface area contributed by atoms with Crippen LogP contribution in [0.15, 0.2) is 40.8 Å². The van der Waals surface area contributed by atoms with Gasteiger partial charge in [0.2, 0.25) is 5.91 Å². The topological polar surface area (TPSA) is 77.6 Å². The van der Waals surface area contributed by atoms with Gasteiger partial charge in [0.05, 0.1) is 11.9 Å². The van der Waals surface area contributed by atoms with Gasteiger partial charge >= 0.3 is 0 Å². The molecule has 3 aromatic rings. The molecule has 0 aliphatic rings. The van der Waals surface area contributed by atoms with Crippen molar-refractivity contribution in [2.45, 2.75) is 10.3 Å². The molecule has 0 unspecified atom stereocenters. The van der Waals surface area contributed by atoms with Crippen LogP contribution in [-0.2, 0) is 18.9 Å². The molecule has 0 spiro atoms. The molecule has 7 nitrogen and oxygen atoms in total. The summed E-state index contributed by atoms with van der Waals surface area (Å²) in [6.45, 7) is 0. The fraction of sp³-hybridized carbons (Fsp3) is 0.250. The van der Waals surface area contributed by atoms with Crippen molar-refractivity contribution in [2.24, 2.45) is 14.1 Å². The van der Waals surface area contributed by atoms with Crippen molar-refractivity contribution in [3.05, 3.63) is 35.5 Å². The molecule has 1 aromatic carbocycles. The van der Waals surface area contributed by atoms with Crippen LogP contribution in [-0.4, -0.2) is 42.2 Å². The van der Waals surface area contributed by atoms with Crippen molar-refractivity contribution in [3.8, 4) is 11.5 Å². The average Bonchev–Trinajstić information content (AvgIpc) is 3.17. The molecule has 26 heavy (non-hydrogen) atoms. The number of imidazole rings is 1. The van der Waals surface area contributed by atoms with E-state index in [-0.39, 0.29) is 11.7 Å². The highest BCUT2D eigenvalue weighted by Crippen LogP contribution is 2.25. The number of thioether (sulfide) groups is 2. The van der Waals surface area contributed by atoms with Crippen molar-refractivity contribution in [1.29, 1.82) is 0 Å². The van der Waals surface area contributed by atoms with Gasteiger partial charge in [-0.3, -0.25) is 4.79 Å². The third-order valence-electron chi connectivity index (χ3n) is 3.65. The van der Waals surface area contributed by atoms with Gasteiger partial charge in [0.15, 0.2) is 16.1 Å². The van der Waals surface area contributed by atoms with Crippen molar-refractivity contribution < 1.29 is 4.79 Å². The molecule has 0 aliphatic carbocycles. The summed E-state index contributed by atoms with van der Waals surface area (Å²) < 4.78 is 3.83. The molecule has 0 bridgehead atoms. The molecule has 0 atom stereocenters. The molecule has 0 saturated carbocycles. The fourth-order valence-electron chi connectivity index (χ4n) is 2.31. The molecule has 0 fully saturated rings. The van der Waals surface area contributed by atoms with Crippen LogP contribution in [0.5, 0.6) is 0 Å². The van der Waals surface area contributed by atoms with Gasteiger partial charge < -0.3 is 14.5 Å². The number of amides is 1. The Morgan fingerprint density at radius 2 is 1.88 bits per heavy atom. The largest absolute Gasteiger partial charge is 0.325 e. The predicted molar refractivity (Wildman–Crippen MR) is 106 cm³/mol. The quantitative estimate of drug-likeness (QED) is 0.630. The monoisotopic (exact) mass is 408 g/mol.